The van der Waals surface area contributed by atoms with Crippen LogP contribution in [-0.2, 0) is 0 Å². The van der Waals surface area contributed by atoms with Gasteiger partial charge in [0.15, 0.2) is 0 Å². The SMILES string of the molecule is CCOc1ccc(N2C(=O)N(C(Cl)(Cl)Cl)NC2C=S)cc1. The van der Waals surface area contributed by atoms with Gasteiger partial charge in [0.05, 0.1) is 6.61 Å². The van der Waals surface area contributed by atoms with Crippen LogP contribution in [0.1, 0.15) is 6.92 Å². The molecule has 1 fully saturated rings. The van der Waals surface area contributed by atoms with Gasteiger partial charge in [-0.05, 0) is 31.2 Å². The van der Waals surface area contributed by atoms with E-state index < -0.39 is 16.1 Å². The third kappa shape index (κ3) is 3.52. The van der Waals surface area contributed by atoms with Crippen LogP contribution in [0.5, 0.6) is 5.75 Å². The molecular weight excluding hydrogens is 357 g/mol. The van der Waals surface area contributed by atoms with Crippen LogP contribution < -0.4 is 15.1 Å². The predicted molar refractivity (Wildman–Crippen MR) is 88.2 cm³/mol. The molecule has 21 heavy (non-hydrogen) atoms. The number of amides is 2. The van der Waals surface area contributed by atoms with Crippen LogP contribution in [0.2, 0.25) is 0 Å². The second kappa shape index (κ2) is 6.54. The van der Waals surface area contributed by atoms with Crippen LogP contribution in [0.3, 0.4) is 0 Å². The van der Waals surface area contributed by atoms with Crippen LogP contribution in [0.25, 0.3) is 0 Å². The number of hydrazine groups is 1. The molecule has 114 valence electrons. The number of carbonyl (C=O) groups excluding carboxylic acids is 1. The third-order valence-corrected chi connectivity index (χ3v) is 3.51. The number of carbonyl (C=O) groups is 1. The first kappa shape index (κ1) is 16.6. The lowest BCUT2D eigenvalue weighted by atomic mass is 10.2. The Hall–Kier alpha value is -0.790. The maximum Gasteiger partial charge on any atom is 0.344 e. The van der Waals surface area contributed by atoms with Gasteiger partial charge in [-0.15, -0.1) is 0 Å². The Morgan fingerprint density at radius 1 is 1.38 bits per heavy atom. The topological polar surface area (TPSA) is 44.8 Å². The van der Waals surface area contributed by atoms with Crippen molar-refractivity contribution in [3.05, 3.63) is 24.3 Å². The first-order valence-electron chi connectivity index (χ1n) is 6.03. The normalized spacial score (nSPS) is 19.0. The van der Waals surface area contributed by atoms with E-state index in [9.17, 15) is 4.79 Å². The van der Waals surface area contributed by atoms with Crippen molar-refractivity contribution in [1.29, 1.82) is 0 Å². The van der Waals surface area contributed by atoms with Crippen molar-refractivity contribution in [2.75, 3.05) is 11.5 Å². The minimum Gasteiger partial charge on any atom is -0.494 e. The number of rotatable bonds is 4. The number of urea groups is 1. The fourth-order valence-corrected chi connectivity index (χ4v) is 2.43. The molecule has 0 radical (unpaired) electrons. The molecule has 0 aromatic heterocycles. The lowest BCUT2D eigenvalue weighted by Gasteiger charge is -2.23. The largest absolute Gasteiger partial charge is 0.494 e. The second-order valence-corrected chi connectivity index (χ2v) is 6.59. The molecular formula is C12H12Cl3N3O2S. The minimum atomic E-state index is -1.91. The summed E-state index contributed by atoms with van der Waals surface area (Å²) in [7, 11) is 0. The van der Waals surface area contributed by atoms with Gasteiger partial charge in [-0.2, -0.15) is 5.43 Å². The number of halogens is 3. The number of alkyl halides is 3. The maximum absolute atomic E-state index is 12.4. The van der Waals surface area contributed by atoms with Crippen molar-refractivity contribution >= 4 is 64.1 Å². The van der Waals surface area contributed by atoms with Gasteiger partial charge in [-0.1, -0.05) is 47.0 Å². The number of anilines is 1. The molecule has 1 N–H and O–H groups in total. The van der Waals surface area contributed by atoms with Crippen LogP contribution >= 0.6 is 47.0 Å². The van der Waals surface area contributed by atoms with E-state index in [2.05, 4.69) is 5.43 Å². The van der Waals surface area contributed by atoms with Gasteiger partial charge in [-0.25, -0.2) is 9.80 Å². The van der Waals surface area contributed by atoms with Gasteiger partial charge < -0.3 is 4.74 Å². The molecule has 5 nitrogen and oxygen atoms in total. The van der Waals surface area contributed by atoms with Gasteiger partial charge in [-0.3, -0.25) is 4.90 Å². The summed E-state index contributed by atoms with van der Waals surface area (Å²) in [4.78, 5) is 13.8. The van der Waals surface area contributed by atoms with E-state index in [1.807, 2.05) is 6.92 Å². The fraction of sp³-hybridized carbons (Fsp3) is 0.333. The van der Waals surface area contributed by atoms with Gasteiger partial charge in [0.25, 0.3) is 3.92 Å². The molecule has 1 aliphatic heterocycles. The molecule has 0 spiro atoms. The summed E-state index contributed by atoms with van der Waals surface area (Å²) >= 11 is 22.2. The zero-order valence-electron chi connectivity index (χ0n) is 10.9. The van der Waals surface area contributed by atoms with E-state index in [4.69, 9.17) is 51.8 Å². The van der Waals surface area contributed by atoms with Crippen molar-refractivity contribution in [1.82, 2.24) is 10.4 Å². The Labute approximate surface area is 142 Å². The number of benzene rings is 1. The molecule has 1 heterocycles. The summed E-state index contributed by atoms with van der Waals surface area (Å²) in [5.74, 6) is 0.706. The van der Waals surface area contributed by atoms with Gasteiger partial charge in [0.2, 0.25) is 0 Å². The van der Waals surface area contributed by atoms with Crippen molar-refractivity contribution in [2.45, 2.75) is 17.0 Å². The summed E-state index contributed by atoms with van der Waals surface area (Å²) in [6.45, 7) is 2.45. The third-order valence-electron chi connectivity index (χ3n) is 2.75. The average Bonchev–Trinajstić information content (AvgIpc) is 2.77. The molecule has 1 aliphatic rings. The van der Waals surface area contributed by atoms with E-state index in [0.717, 1.165) is 5.01 Å². The Balaban J connectivity index is 2.28. The van der Waals surface area contributed by atoms with E-state index in [1.165, 1.54) is 10.3 Å². The molecule has 1 unspecified atom stereocenters. The summed E-state index contributed by atoms with van der Waals surface area (Å²) in [5.41, 5.74) is 3.35. The highest BCUT2D eigenvalue weighted by Gasteiger charge is 2.46. The monoisotopic (exact) mass is 367 g/mol. The zero-order chi connectivity index (χ0) is 15.6. The molecule has 1 aromatic carbocycles. The van der Waals surface area contributed by atoms with Crippen molar-refractivity contribution in [3.8, 4) is 5.75 Å². The summed E-state index contributed by atoms with van der Waals surface area (Å²) in [6, 6.07) is 6.47. The number of thiocarbonyl (C=S) groups is 1. The quantitative estimate of drug-likeness (QED) is 0.502. The first-order valence-corrected chi connectivity index (χ1v) is 7.63. The highest BCUT2D eigenvalue weighted by Crippen LogP contribution is 2.35. The summed E-state index contributed by atoms with van der Waals surface area (Å²) in [6.07, 6.45) is -0.582. The number of hydrogen-bond donors (Lipinski definition) is 1. The van der Waals surface area contributed by atoms with Gasteiger partial charge in [0, 0.05) is 11.1 Å². The highest BCUT2D eigenvalue weighted by molar-refractivity contribution is 7.79. The molecule has 0 saturated carbocycles. The maximum atomic E-state index is 12.4. The van der Waals surface area contributed by atoms with Crippen molar-refractivity contribution in [2.24, 2.45) is 0 Å². The number of ether oxygens (including phenoxy) is 1. The second-order valence-electron chi connectivity index (χ2n) is 4.09. The van der Waals surface area contributed by atoms with Crippen LogP contribution in [0.4, 0.5) is 10.5 Å². The molecule has 0 aliphatic carbocycles. The Morgan fingerprint density at radius 2 is 2.00 bits per heavy atom. The predicted octanol–water partition coefficient (Wildman–Crippen LogP) is 3.49. The van der Waals surface area contributed by atoms with Gasteiger partial charge >= 0.3 is 6.03 Å². The Bertz CT molecular complexity index is 536. The molecule has 1 aromatic rings. The number of hydrogen-bond acceptors (Lipinski definition) is 4. The minimum absolute atomic E-state index is 0.509. The Morgan fingerprint density at radius 3 is 2.48 bits per heavy atom. The molecule has 2 rings (SSSR count). The lowest BCUT2D eigenvalue weighted by Crippen LogP contribution is -2.45. The average molecular weight is 369 g/mol. The Kier molecular flexibility index (Phi) is 5.16. The van der Waals surface area contributed by atoms with Crippen LogP contribution in [0.15, 0.2) is 24.3 Å². The smallest absolute Gasteiger partial charge is 0.344 e. The van der Waals surface area contributed by atoms with Gasteiger partial charge in [0.1, 0.15) is 11.9 Å². The zero-order valence-corrected chi connectivity index (χ0v) is 14.0. The first-order chi connectivity index (χ1) is 9.88. The van der Waals surface area contributed by atoms with E-state index in [0.29, 0.717) is 18.0 Å². The highest BCUT2D eigenvalue weighted by atomic mass is 35.6. The van der Waals surface area contributed by atoms with E-state index in [-0.39, 0.29) is 0 Å². The number of nitrogens with one attached hydrogen (secondary N) is 1. The fourth-order valence-electron chi connectivity index (χ4n) is 1.89. The summed E-state index contributed by atoms with van der Waals surface area (Å²) in [5, 5.41) is 2.28. The molecule has 1 atom stereocenters. The molecule has 2 amide bonds. The standard InChI is InChI=1S/C12H12Cl3N3O2S/c1-2-20-9-5-3-8(4-6-9)17-10(7-21)16-18(11(17)19)12(13,14)15/h3-7,10,16H,2H2,1H3. The van der Waals surface area contributed by atoms with Crippen LogP contribution in [0, 0.1) is 0 Å². The molecule has 9 heteroatoms. The lowest BCUT2D eigenvalue weighted by molar-refractivity contribution is 0.201. The molecule has 1 saturated heterocycles. The number of nitrogens with zero attached hydrogens (tertiary/aromatic N) is 2. The van der Waals surface area contributed by atoms with E-state index >= 15 is 0 Å². The van der Waals surface area contributed by atoms with Crippen LogP contribution in [-0.4, -0.2) is 33.1 Å². The van der Waals surface area contributed by atoms with Crippen molar-refractivity contribution in [3.63, 3.8) is 0 Å². The molecule has 0 bridgehead atoms. The van der Waals surface area contributed by atoms with Crippen molar-refractivity contribution < 1.29 is 9.53 Å². The summed E-state index contributed by atoms with van der Waals surface area (Å²) < 4.78 is 3.45. The van der Waals surface area contributed by atoms with E-state index in [1.54, 1.807) is 24.3 Å².